The molecule has 148 valence electrons. The number of piperidine rings is 2. The lowest BCUT2D eigenvalue weighted by molar-refractivity contribution is -0.143. The summed E-state index contributed by atoms with van der Waals surface area (Å²) in [6.45, 7) is 2.58. The van der Waals surface area contributed by atoms with E-state index in [1.165, 1.54) is 0 Å². The standard InChI is InChI=1S/C21H30N2O4/c1-27-18-6-3-17(4-7-18)5-8-19(25)22-12-2-10-21(15-22)11-9-20(26)23(16-21)13-14-24/h3-4,6-7,24H,2,5,8-16H2,1H3/t21-/m0/s1. The summed E-state index contributed by atoms with van der Waals surface area (Å²) in [5, 5.41) is 9.21. The monoisotopic (exact) mass is 374 g/mol. The Morgan fingerprint density at radius 2 is 2.00 bits per heavy atom. The second-order valence-corrected chi connectivity index (χ2v) is 7.81. The average molecular weight is 374 g/mol. The number of amides is 2. The number of benzene rings is 1. The summed E-state index contributed by atoms with van der Waals surface area (Å²) in [6.07, 6.45) is 4.62. The molecule has 1 spiro atoms. The second kappa shape index (κ2) is 8.74. The Bertz CT molecular complexity index is 661. The van der Waals surface area contributed by atoms with E-state index in [0.29, 0.717) is 25.9 Å². The van der Waals surface area contributed by atoms with Gasteiger partial charge in [-0.05, 0) is 43.4 Å². The largest absolute Gasteiger partial charge is 0.497 e. The summed E-state index contributed by atoms with van der Waals surface area (Å²) in [5.41, 5.74) is 1.13. The van der Waals surface area contributed by atoms with Crippen LogP contribution in [-0.2, 0) is 16.0 Å². The Kier molecular flexibility index (Phi) is 6.37. The van der Waals surface area contributed by atoms with Crippen LogP contribution in [0.3, 0.4) is 0 Å². The van der Waals surface area contributed by atoms with Crippen molar-refractivity contribution < 1.29 is 19.4 Å². The van der Waals surface area contributed by atoms with Gasteiger partial charge in [0.15, 0.2) is 0 Å². The number of aryl methyl sites for hydroxylation is 1. The zero-order chi connectivity index (χ0) is 19.3. The molecule has 0 saturated carbocycles. The van der Waals surface area contributed by atoms with Crippen LogP contribution in [0.25, 0.3) is 0 Å². The molecule has 2 amide bonds. The van der Waals surface area contributed by atoms with Crippen molar-refractivity contribution in [2.45, 2.75) is 38.5 Å². The fraction of sp³-hybridized carbons (Fsp3) is 0.619. The molecule has 0 bridgehead atoms. The molecule has 1 aromatic carbocycles. The molecule has 2 fully saturated rings. The van der Waals surface area contributed by atoms with Crippen LogP contribution >= 0.6 is 0 Å². The maximum Gasteiger partial charge on any atom is 0.222 e. The Hall–Kier alpha value is -2.08. The lowest BCUT2D eigenvalue weighted by Crippen LogP contribution is -2.55. The number of β-amino-alcohol motifs (C(OH)–C–C–N with tert-alkyl or cyclic N) is 1. The van der Waals surface area contributed by atoms with Crippen molar-refractivity contribution in [1.82, 2.24) is 9.80 Å². The summed E-state index contributed by atoms with van der Waals surface area (Å²) >= 11 is 0. The smallest absolute Gasteiger partial charge is 0.222 e. The van der Waals surface area contributed by atoms with Crippen LogP contribution in [0, 0.1) is 5.41 Å². The highest BCUT2D eigenvalue weighted by Gasteiger charge is 2.42. The highest BCUT2D eigenvalue weighted by Crippen LogP contribution is 2.39. The molecule has 3 rings (SSSR count). The molecule has 0 radical (unpaired) electrons. The zero-order valence-electron chi connectivity index (χ0n) is 16.2. The van der Waals surface area contributed by atoms with Gasteiger partial charge >= 0.3 is 0 Å². The molecule has 0 unspecified atom stereocenters. The minimum Gasteiger partial charge on any atom is -0.497 e. The van der Waals surface area contributed by atoms with E-state index in [1.54, 1.807) is 12.0 Å². The van der Waals surface area contributed by atoms with Gasteiger partial charge in [0.05, 0.1) is 13.7 Å². The number of aliphatic hydroxyl groups is 1. The van der Waals surface area contributed by atoms with E-state index in [4.69, 9.17) is 4.74 Å². The Morgan fingerprint density at radius 3 is 2.70 bits per heavy atom. The SMILES string of the molecule is COc1ccc(CCC(=O)N2CCC[C@]3(CCC(=O)N(CCO)C3)C2)cc1. The topological polar surface area (TPSA) is 70.1 Å². The van der Waals surface area contributed by atoms with Crippen LogP contribution in [0.4, 0.5) is 0 Å². The van der Waals surface area contributed by atoms with Gasteiger partial charge in [-0.15, -0.1) is 0 Å². The lowest BCUT2D eigenvalue weighted by atomic mass is 9.73. The van der Waals surface area contributed by atoms with Gasteiger partial charge in [0.25, 0.3) is 0 Å². The molecule has 6 nitrogen and oxygen atoms in total. The number of nitrogens with zero attached hydrogens (tertiary/aromatic N) is 2. The molecule has 2 heterocycles. The Labute approximate surface area is 161 Å². The van der Waals surface area contributed by atoms with Crippen molar-refractivity contribution in [2.24, 2.45) is 5.41 Å². The lowest BCUT2D eigenvalue weighted by Gasteiger charge is -2.48. The fourth-order valence-electron chi connectivity index (χ4n) is 4.38. The number of methoxy groups -OCH3 is 1. The number of aliphatic hydroxyl groups excluding tert-OH is 1. The van der Waals surface area contributed by atoms with E-state index in [1.807, 2.05) is 29.2 Å². The summed E-state index contributed by atoms with van der Waals surface area (Å²) in [6, 6.07) is 7.85. The highest BCUT2D eigenvalue weighted by atomic mass is 16.5. The van der Waals surface area contributed by atoms with E-state index < -0.39 is 0 Å². The molecule has 1 N–H and O–H groups in total. The molecule has 0 aromatic heterocycles. The van der Waals surface area contributed by atoms with Gasteiger partial charge in [-0.2, -0.15) is 0 Å². The van der Waals surface area contributed by atoms with Crippen molar-refractivity contribution in [2.75, 3.05) is 39.9 Å². The van der Waals surface area contributed by atoms with Gasteiger partial charge in [-0.25, -0.2) is 0 Å². The van der Waals surface area contributed by atoms with Crippen molar-refractivity contribution in [3.05, 3.63) is 29.8 Å². The van der Waals surface area contributed by atoms with Gasteiger partial charge in [0.1, 0.15) is 5.75 Å². The summed E-state index contributed by atoms with van der Waals surface area (Å²) in [5.74, 6) is 1.13. The maximum atomic E-state index is 12.8. The second-order valence-electron chi connectivity index (χ2n) is 7.81. The molecule has 6 heteroatoms. The number of likely N-dealkylation sites (tertiary alicyclic amines) is 2. The van der Waals surface area contributed by atoms with Crippen molar-refractivity contribution in [1.29, 1.82) is 0 Å². The van der Waals surface area contributed by atoms with Gasteiger partial charge in [0.2, 0.25) is 11.8 Å². The van der Waals surface area contributed by atoms with Crippen molar-refractivity contribution in [3.8, 4) is 5.75 Å². The number of rotatable bonds is 6. The highest BCUT2D eigenvalue weighted by molar-refractivity contribution is 5.78. The van der Waals surface area contributed by atoms with Crippen LogP contribution in [-0.4, -0.2) is 66.6 Å². The molecule has 27 heavy (non-hydrogen) atoms. The van der Waals surface area contributed by atoms with Gasteiger partial charge in [0, 0.05) is 44.4 Å². The van der Waals surface area contributed by atoms with E-state index >= 15 is 0 Å². The van der Waals surface area contributed by atoms with Crippen LogP contribution in [0.5, 0.6) is 5.75 Å². The molecular weight excluding hydrogens is 344 g/mol. The predicted molar refractivity (Wildman–Crippen MR) is 102 cm³/mol. The van der Waals surface area contributed by atoms with Crippen LogP contribution in [0.15, 0.2) is 24.3 Å². The molecular formula is C21H30N2O4. The average Bonchev–Trinajstić information content (AvgIpc) is 2.70. The van der Waals surface area contributed by atoms with Crippen LogP contribution in [0.1, 0.15) is 37.7 Å². The summed E-state index contributed by atoms with van der Waals surface area (Å²) in [7, 11) is 1.64. The molecule has 2 aliphatic heterocycles. The number of hydrogen-bond acceptors (Lipinski definition) is 4. The minimum absolute atomic E-state index is 0.00287. The van der Waals surface area contributed by atoms with Crippen LogP contribution < -0.4 is 4.74 Å². The molecule has 1 aromatic rings. The van der Waals surface area contributed by atoms with Gasteiger partial charge < -0.3 is 19.6 Å². The van der Waals surface area contributed by atoms with E-state index in [0.717, 1.165) is 50.1 Å². The third-order valence-corrected chi connectivity index (χ3v) is 5.92. The first kappa shape index (κ1) is 19.7. The van der Waals surface area contributed by atoms with Crippen molar-refractivity contribution in [3.63, 3.8) is 0 Å². The molecule has 1 atom stereocenters. The first-order valence-corrected chi connectivity index (χ1v) is 9.85. The first-order chi connectivity index (χ1) is 13.0. The predicted octanol–water partition coefficient (Wildman–Crippen LogP) is 1.85. The van der Waals surface area contributed by atoms with Crippen LogP contribution in [0.2, 0.25) is 0 Å². The number of hydrogen-bond donors (Lipinski definition) is 1. The Morgan fingerprint density at radius 1 is 1.22 bits per heavy atom. The Balaban J connectivity index is 1.56. The van der Waals surface area contributed by atoms with Gasteiger partial charge in [-0.3, -0.25) is 9.59 Å². The van der Waals surface area contributed by atoms with Gasteiger partial charge in [-0.1, -0.05) is 12.1 Å². The summed E-state index contributed by atoms with van der Waals surface area (Å²) < 4.78 is 5.17. The van der Waals surface area contributed by atoms with E-state index in [-0.39, 0.29) is 23.8 Å². The maximum absolute atomic E-state index is 12.8. The third kappa shape index (κ3) is 4.80. The zero-order valence-corrected chi connectivity index (χ0v) is 16.2. The third-order valence-electron chi connectivity index (χ3n) is 5.92. The van der Waals surface area contributed by atoms with E-state index in [9.17, 15) is 14.7 Å². The van der Waals surface area contributed by atoms with E-state index in [2.05, 4.69) is 0 Å². The summed E-state index contributed by atoms with van der Waals surface area (Å²) in [4.78, 5) is 28.6. The quantitative estimate of drug-likeness (QED) is 0.825. The number of carbonyl (C=O) groups is 2. The molecule has 2 saturated heterocycles. The fourth-order valence-corrected chi connectivity index (χ4v) is 4.38. The minimum atomic E-state index is -0.00761. The first-order valence-electron chi connectivity index (χ1n) is 9.85. The number of carbonyl (C=O) groups excluding carboxylic acids is 2. The normalized spacial score (nSPS) is 23.0. The van der Waals surface area contributed by atoms with Crippen molar-refractivity contribution >= 4 is 11.8 Å². The molecule has 2 aliphatic rings. The number of ether oxygens (including phenoxy) is 1. The molecule has 0 aliphatic carbocycles.